The Bertz CT molecular complexity index is 599. The number of nitrogens with zero attached hydrogens (tertiary/aromatic N) is 2. The third-order valence-corrected chi connectivity index (χ3v) is 2.69. The van der Waals surface area contributed by atoms with Crippen molar-refractivity contribution >= 4 is 5.91 Å². The van der Waals surface area contributed by atoms with Crippen LogP contribution in [0.4, 0.5) is 0 Å². The SMILES string of the molecule is COCCNC(=O)c1ccc(Oc2nccc(C)n2)cc1. The Kier molecular flexibility index (Phi) is 5.22. The summed E-state index contributed by atoms with van der Waals surface area (Å²) in [7, 11) is 1.59. The van der Waals surface area contributed by atoms with Crippen LogP contribution in [0.1, 0.15) is 16.1 Å². The zero-order valence-electron chi connectivity index (χ0n) is 12.0. The largest absolute Gasteiger partial charge is 0.424 e. The first-order valence-corrected chi connectivity index (χ1v) is 6.54. The molecule has 2 aromatic rings. The van der Waals surface area contributed by atoms with Gasteiger partial charge in [0.2, 0.25) is 0 Å². The van der Waals surface area contributed by atoms with E-state index in [0.717, 1.165) is 5.69 Å². The molecule has 0 radical (unpaired) electrons. The maximum absolute atomic E-state index is 11.8. The molecular weight excluding hydrogens is 270 g/mol. The van der Waals surface area contributed by atoms with Crippen LogP contribution in [0.2, 0.25) is 0 Å². The minimum Gasteiger partial charge on any atom is -0.424 e. The lowest BCUT2D eigenvalue weighted by Gasteiger charge is -2.06. The fourth-order valence-corrected chi connectivity index (χ4v) is 1.62. The number of amides is 1. The van der Waals surface area contributed by atoms with Crippen molar-refractivity contribution in [3.63, 3.8) is 0 Å². The summed E-state index contributed by atoms with van der Waals surface area (Å²) in [4.78, 5) is 20.0. The van der Waals surface area contributed by atoms with E-state index in [1.807, 2.05) is 6.92 Å². The molecule has 0 saturated heterocycles. The zero-order chi connectivity index (χ0) is 15.1. The third kappa shape index (κ3) is 4.54. The third-order valence-electron chi connectivity index (χ3n) is 2.69. The lowest BCUT2D eigenvalue weighted by Crippen LogP contribution is -2.26. The van der Waals surface area contributed by atoms with Gasteiger partial charge in [0.15, 0.2) is 0 Å². The molecule has 0 bridgehead atoms. The molecule has 2 rings (SSSR count). The fourth-order valence-electron chi connectivity index (χ4n) is 1.62. The molecule has 1 aromatic heterocycles. The minimum atomic E-state index is -0.148. The zero-order valence-corrected chi connectivity index (χ0v) is 12.0. The van der Waals surface area contributed by atoms with Crippen molar-refractivity contribution in [3.05, 3.63) is 47.8 Å². The van der Waals surface area contributed by atoms with Crippen molar-refractivity contribution < 1.29 is 14.3 Å². The highest BCUT2D eigenvalue weighted by Crippen LogP contribution is 2.18. The summed E-state index contributed by atoms with van der Waals surface area (Å²) in [6.07, 6.45) is 1.63. The van der Waals surface area contributed by atoms with Crippen LogP contribution >= 0.6 is 0 Å². The predicted molar refractivity (Wildman–Crippen MR) is 77.5 cm³/mol. The number of aromatic nitrogens is 2. The summed E-state index contributed by atoms with van der Waals surface area (Å²) in [5.74, 6) is 0.430. The van der Waals surface area contributed by atoms with Crippen molar-refractivity contribution in [2.24, 2.45) is 0 Å². The molecule has 0 saturated carbocycles. The van der Waals surface area contributed by atoms with Gasteiger partial charge in [-0.05, 0) is 37.3 Å². The molecule has 110 valence electrons. The van der Waals surface area contributed by atoms with E-state index in [-0.39, 0.29) is 11.9 Å². The average molecular weight is 287 g/mol. The summed E-state index contributed by atoms with van der Waals surface area (Å²) >= 11 is 0. The van der Waals surface area contributed by atoms with Gasteiger partial charge in [-0.25, -0.2) is 9.97 Å². The number of hydrogen-bond donors (Lipinski definition) is 1. The number of methoxy groups -OCH3 is 1. The molecule has 21 heavy (non-hydrogen) atoms. The molecule has 0 unspecified atom stereocenters. The Morgan fingerprint density at radius 2 is 2.00 bits per heavy atom. The molecule has 0 spiro atoms. The van der Waals surface area contributed by atoms with Gasteiger partial charge in [0.05, 0.1) is 6.61 Å². The fraction of sp³-hybridized carbons (Fsp3) is 0.267. The molecule has 0 aliphatic rings. The van der Waals surface area contributed by atoms with Gasteiger partial charge in [-0.15, -0.1) is 0 Å². The van der Waals surface area contributed by atoms with Crippen molar-refractivity contribution in [1.82, 2.24) is 15.3 Å². The lowest BCUT2D eigenvalue weighted by molar-refractivity contribution is 0.0937. The van der Waals surface area contributed by atoms with E-state index >= 15 is 0 Å². The van der Waals surface area contributed by atoms with Crippen molar-refractivity contribution in [2.45, 2.75) is 6.92 Å². The standard InChI is InChI=1S/C15H17N3O3/c1-11-7-8-17-15(18-11)21-13-5-3-12(4-6-13)14(19)16-9-10-20-2/h3-8H,9-10H2,1-2H3,(H,16,19). The van der Waals surface area contributed by atoms with Crippen molar-refractivity contribution in [2.75, 3.05) is 20.3 Å². The number of hydrogen-bond acceptors (Lipinski definition) is 5. The number of carbonyl (C=O) groups excluding carboxylic acids is 1. The summed E-state index contributed by atoms with van der Waals surface area (Å²) in [5.41, 5.74) is 1.39. The monoisotopic (exact) mass is 287 g/mol. The first kappa shape index (κ1) is 14.9. The molecule has 6 nitrogen and oxygen atoms in total. The van der Waals surface area contributed by atoms with E-state index in [0.29, 0.717) is 24.5 Å². The van der Waals surface area contributed by atoms with Crippen LogP contribution < -0.4 is 10.1 Å². The highest BCUT2D eigenvalue weighted by molar-refractivity contribution is 5.94. The van der Waals surface area contributed by atoms with Gasteiger partial charge >= 0.3 is 6.01 Å². The van der Waals surface area contributed by atoms with E-state index < -0.39 is 0 Å². The molecule has 1 amide bonds. The molecular formula is C15H17N3O3. The Morgan fingerprint density at radius 1 is 1.24 bits per heavy atom. The average Bonchev–Trinajstić information content (AvgIpc) is 2.48. The number of benzene rings is 1. The maximum Gasteiger partial charge on any atom is 0.322 e. The van der Waals surface area contributed by atoms with E-state index in [2.05, 4.69) is 15.3 Å². The number of aryl methyl sites for hydroxylation is 1. The first-order valence-electron chi connectivity index (χ1n) is 6.54. The first-order chi connectivity index (χ1) is 10.2. The maximum atomic E-state index is 11.8. The number of nitrogens with one attached hydrogen (secondary N) is 1. The van der Waals surface area contributed by atoms with Gasteiger partial charge in [-0.1, -0.05) is 0 Å². The second kappa shape index (κ2) is 7.35. The van der Waals surface area contributed by atoms with Gasteiger partial charge in [0.25, 0.3) is 5.91 Å². The lowest BCUT2D eigenvalue weighted by atomic mass is 10.2. The molecule has 1 N–H and O–H groups in total. The highest BCUT2D eigenvalue weighted by Gasteiger charge is 2.06. The van der Waals surface area contributed by atoms with Crippen LogP contribution in [-0.2, 0) is 4.74 Å². The van der Waals surface area contributed by atoms with Gasteiger partial charge in [-0.2, -0.15) is 0 Å². The molecule has 1 aromatic carbocycles. The second-order valence-electron chi connectivity index (χ2n) is 4.36. The molecule has 0 aliphatic carbocycles. The Hall–Kier alpha value is -2.47. The van der Waals surface area contributed by atoms with E-state index in [1.54, 1.807) is 43.6 Å². The Morgan fingerprint density at radius 3 is 2.67 bits per heavy atom. The van der Waals surface area contributed by atoms with Crippen LogP contribution in [-0.4, -0.2) is 36.1 Å². The predicted octanol–water partition coefficient (Wildman–Crippen LogP) is 1.95. The van der Waals surface area contributed by atoms with Crippen LogP contribution in [0.15, 0.2) is 36.5 Å². The Balaban J connectivity index is 1.97. The molecule has 0 atom stereocenters. The quantitative estimate of drug-likeness (QED) is 0.822. The molecule has 6 heteroatoms. The van der Waals surface area contributed by atoms with E-state index in [9.17, 15) is 4.79 Å². The van der Waals surface area contributed by atoms with Gasteiger partial charge in [0.1, 0.15) is 5.75 Å². The van der Waals surface area contributed by atoms with Crippen molar-refractivity contribution in [1.29, 1.82) is 0 Å². The van der Waals surface area contributed by atoms with Crippen LogP contribution in [0, 0.1) is 6.92 Å². The smallest absolute Gasteiger partial charge is 0.322 e. The van der Waals surface area contributed by atoms with Gasteiger partial charge in [-0.3, -0.25) is 4.79 Å². The Labute approximate surface area is 123 Å². The van der Waals surface area contributed by atoms with E-state index in [4.69, 9.17) is 9.47 Å². The van der Waals surface area contributed by atoms with Crippen molar-refractivity contribution in [3.8, 4) is 11.8 Å². The molecule has 0 aliphatic heterocycles. The van der Waals surface area contributed by atoms with Gasteiger partial charge < -0.3 is 14.8 Å². The number of carbonyl (C=O) groups is 1. The van der Waals surface area contributed by atoms with E-state index in [1.165, 1.54) is 0 Å². The molecule has 1 heterocycles. The summed E-state index contributed by atoms with van der Waals surface area (Å²) in [6.45, 7) is 2.82. The highest BCUT2D eigenvalue weighted by atomic mass is 16.5. The van der Waals surface area contributed by atoms with Crippen LogP contribution in [0.3, 0.4) is 0 Å². The normalized spacial score (nSPS) is 10.2. The molecule has 0 fully saturated rings. The number of ether oxygens (including phenoxy) is 2. The van der Waals surface area contributed by atoms with Crippen LogP contribution in [0.5, 0.6) is 11.8 Å². The topological polar surface area (TPSA) is 73.3 Å². The second-order valence-corrected chi connectivity index (χ2v) is 4.36. The summed E-state index contributed by atoms with van der Waals surface area (Å²) < 4.78 is 10.4. The summed E-state index contributed by atoms with van der Waals surface area (Å²) in [6, 6.07) is 8.86. The van der Waals surface area contributed by atoms with Crippen LogP contribution in [0.25, 0.3) is 0 Å². The summed E-state index contributed by atoms with van der Waals surface area (Å²) in [5, 5.41) is 2.75. The minimum absolute atomic E-state index is 0.148. The number of rotatable bonds is 6. The van der Waals surface area contributed by atoms with Gasteiger partial charge in [0, 0.05) is 31.1 Å².